The number of benzene rings is 1. The summed E-state index contributed by atoms with van der Waals surface area (Å²) in [7, 11) is 0. The van der Waals surface area contributed by atoms with Gasteiger partial charge in [0.2, 0.25) is 0 Å². The highest BCUT2D eigenvalue weighted by Crippen LogP contribution is 2.31. The standard InChI is InChI=1S/C18H19N3OS2/c1-10-6-7-11(2)13(9-10)20-17(22)15-12(3)19-18(23)21-16(15)14-5-4-8-24-14/h4-9,16H,1-3H3,(H,20,22)(H2,19,21,23)/t16-/m0/s1. The number of aryl methyl sites for hydroxylation is 2. The first-order chi connectivity index (χ1) is 11.5. The Morgan fingerprint density at radius 1 is 1.25 bits per heavy atom. The van der Waals surface area contributed by atoms with Crippen molar-refractivity contribution in [2.75, 3.05) is 5.32 Å². The highest BCUT2D eigenvalue weighted by molar-refractivity contribution is 7.80. The fraction of sp³-hybridized carbons (Fsp3) is 0.222. The average molecular weight is 358 g/mol. The second-order valence-electron chi connectivity index (χ2n) is 5.86. The van der Waals surface area contributed by atoms with Crippen LogP contribution < -0.4 is 16.0 Å². The van der Waals surface area contributed by atoms with Crippen molar-refractivity contribution >= 4 is 40.3 Å². The molecule has 2 aromatic rings. The summed E-state index contributed by atoms with van der Waals surface area (Å²) in [5.41, 5.74) is 4.41. The molecule has 0 unspecified atom stereocenters. The van der Waals surface area contributed by atoms with E-state index >= 15 is 0 Å². The maximum Gasteiger partial charge on any atom is 0.255 e. The molecule has 0 aliphatic carbocycles. The van der Waals surface area contributed by atoms with Crippen LogP contribution in [0.2, 0.25) is 0 Å². The monoisotopic (exact) mass is 357 g/mol. The summed E-state index contributed by atoms with van der Waals surface area (Å²) < 4.78 is 0. The maximum atomic E-state index is 13.0. The summed E-state index contributed by atoms with van der Waals surface area (Å²) in [6.07, 6.45) is 0. The van der Waals surface area contributed by atoms with Gasteiger partial charge in [0.05, 0.1) is 11.6 Å². The minimum absolute atomic E-state index is 0.123. The molecule has 0 fully saturated rings. The van der Waals surface area contributed by atoms with E-state index in [1.54, 1.807) is 11.3 Å². The summed E-state index contributed by atoms with van der Waals surface area (Å²) in [5.74, 6) is -0.123. The summed E-state index contributed by atoms with van der Waals surface area (Å²) in [6, 6.07) is 9.78. The smallest absolute Gasteiger partial charge is 0.255 e. The lowest BCUT2D eigenvalue weighted by Gasteiger charge is -2.29. The van der Waals surface area contributed by atoms with Crippen LogP contribution in [0, 0.1) is 13.8 Å². The lowest BCUT2D eigenvalue weighted by Crippen LogP contribution is -2.45. The number of hydrogen-bond donors (Lipinski definition) is 3. The second-order valence-corrected chi connectivity index (χ2v) is 7.25. The predicted molar refractivity (Wildman–Crippen MR) is 103 cm³/mol. The number of thiocarbonyl (C=S) groups is 1. The molecule has 4 nitrogen and oxygen atoms in total. The highest BCUT2D eigenvalue weighted by atomic mass is 32.1. The summed E-state index contributed by atoms with van der Waals surface area (Å²) >= 11 is 6.86. The molecule has 1 atom stereocenters. The molecule has 0 spiro atoms. The van der Waals surface area contributed by atoms with E-state index in [1.165, 1.54) is 0 Å². The van der Waals surface area contributed by atoms with Crippen LogP contribution in [0.1, 0.15) is 29.0 Å². The van der Waals surface area contributed by atoms with E-state index in [0.29, 0.717) is 10.7 Å². The molecule has 0 radical (unpaired) electrons. The van der Waals surface area contributed by atoms with Gasteiger partial charge in [-0.2, -0.15) is 0 Å². The van der Waals surface area contributed by atoms with Crippen molar-refractivity contribution in [2.24, 2.45) is 0 Å². The molecule has 3 rings (SSSR count). The van der Waals surface area contributed by atoms with Gasteiger partial charge in [-0.15, -0.1) is 11.3 Å². The van der Waals surface area contributed by atoms with Gasteiger partial charge in [0.25, 0.3) is 5.91 Å². The lowest BCUT2D eigenvalue weighted by atomic mass is 10.0. The van der Waals surface area contributed by atoms with Gasteiger partial charge >= 0.3 is 0 Å². The number of hydrogen-bond acceptors (Lipinski definition) is 3. The first-order valence-electron chi connectivity index (χ1n) is 7.66. The van der Waals surface area contributed by atoms with Gasteiger partial charge in [-0.25, -0.2) is 0 Å². The number of allylic oxidation sites excluding steroid dienone is 1. The van der Waals surface area contributed by atoms with Crippen LogP contribution in [-0.2, 0) is 4.79 Å². The molecule has 24 heavy (non-hydrogen) atoms. The molecule has 1 aliphatic rings. The Kier molecular flexibility index (Phi) is 4.69. The molecular weight excluding hydrogens is 338 g/mol. The van der Waals surface area contributed by atoms with Crippen LogP contribution in [0.5, 0.6) is 0 Å². The van der Waals surface area contributed by atoms with Crippen molar-refractivity contribution in [1.82, 2.24) is 10.6 Å². The molecular formula is C18H19N3OS2. The van der Waals surface area contributed by atoms with Crippen molar-refractivity contribution < 1.29 is 4.79 Å². The van der Waals surface area contributed by atoms with E-state index in [-0.39, 0.29) is 11.9 Å². The largest absolute Gasteiger partial charge is 0.350 e. The Labute approximate surface area is 151 Å². The van der Waals surface area contributed by atoms with Gasteiger partial charge in [-0.3, -0.25) is 4.79 Å². The third kappa shape index (κ3) is 3.34. The van der Waals surface area contributed by atoms with Crippen LogP contribution >= 0.6 is 23.6 Å². The van der Waals surface area contributed by atoms with E-state index in [2.05, 4.69) is 16.0 Å². The topological polar surface area (TPSA) is 53.2 Å². The summed E-state index contributed by atoms with van der Waals surface area (Å²) in [4.78, 5) is 14.0. The zero-order valence-corrected chi connectivity index (χ0v) is 15.4. The lowest BCUT2D eigenvalue weighted by molar-refractivity contribution is -0.113. The zero-order valence-electron chi connectivity index (χ0n) is 13.8. The minimum atomic E-state index is -0.233. The molecule has 1 aromatic heterocycles. The Morgan fingerprint density at radius 2 is 2.04 bits per heavy atom. The van der Waals surface area contributed by atoms with Crippen molar-refractivity contribution in [3.8, 4) is 0 Å². The normalized spacial score (nSPS) is 17.3. The first kappa shape index (κ1) is 16.7. The van der Waals surface area contributed by atoms with E-state index in [4.69, 9.17) is 12.2 Å². The zero-order chi connectivity index (χ0) is 17.3. The third-order valence-electron chi connectivity index (χ3n) is 3.98. The fourth-order valence-corrected chi connectivity index (χ4v) is 3.78. The van der Waals surface area contributed by atoms with Crippen LogP contribution in [0.3, 0.4) is 0 Å². The minimum Gasteiger partial charge on any atom is -0.350 e. The predicted octanol–water partition coefficient (Wildman–Crippen LogP) is 3.80. The Hall–Kier alpha value is -2.18. The number of nitrogens with one attached hydrogen (secondary N) is 3. The number of amides is 1. The molecule has 0 saturated heterocycles. The molecule has 1 amide bonds. The van der Waals surface area contributed by atoms with E-state index < -0.39 is 0 Å². The molecule has 0 saturated carbocycles. The Bertz CT molecular complexity index is 825. The number of carbonyl (C=O) groups is 1. The Morgan fingerprint density at radius 3 is 2.75 bits per heavy atom. The van der Waals surface area contributed by atoms with Crippen LogP contribution in [0.4, 0.5) is 5.69 Å². The summed E-state index contributed by atoms with van der Waals surface area (Å²) in [6.45, 7) is 5.88. The number of rotatable bonds is 3. The maximum absolute atomic E-state index is 13.0. The van der Waals surface area contributed by atoms with Gasteiger partial charge in [-0.1, -0.05) is 18.2 Å². The van der Waals surface area contributed by atoms with Crippen molar-refractivity contribution in [2.45, 2.75) is 26.8 Å². The van der Waals surface area contributed by atoms with Gasteiger partial charge in [0, 0.05) is 16.3 Å². The number of thiophene rings is 1. The Balaban J connectivity index is 1.95. The molecule has 6 heteroatoms. The van der Waals surface area contributed by atoms with E-state index in [1.807, 2.05) is 56.5 Å². The van der Waals surface area contributed by atoms with Crippen molar-refractivity contribution in [3.05, 3.63) is 63.0 Å². The third-order valence-corrected chi connectivity index (χ3v) is 5.14. The molecule has 0 bridgehead atoms. The average Bonchev–Trinajstić information content (AvgIpc) is 3.04. The van der Waals surface area contributed by atoms with Gasteiger partial charge in [-0.05, 0) is 61.6 Å². The second kappa shape index (κ2) is 6.75. The van der Waals surface area contributed by atoms with Crippen molar-refractivity contribution in [1.29, 1.82) is 0 Å². The SMILES string of the molecule is CC1=C(C(=O)Nc2cc(C)ccc2C)[C@H](c2cccs2)NC(=S)N1. The highest BCUT2D eigenvalue weighted by Gasteiger charge is 2.30. The quantitative estimate of drug-likeness (QED) is 0.732. The van der Waals surface area contributed by atoms with E-state index in [9.17, 15) is 4.79 Å². The number of anilines is 1. The summed E-state index contributed by atoms with van der Waals surface area (Å²) in [5, 5.41) is 11.8. The van der Waals surface area contributed by atoms with E-state index in [0.717, 1.165) is 27.4 Å². The fourth-order valence-electron chi connectivity index (χ4n) is 2.72. The molecule has 124 valence electrons. The molecule has 1 aliphatic heterocycles. The molecule has 1 aromatic carbocycles. The van der Waals surface area contributed by atoms with Gasteiger partial charge in [0.15, 0.2) is 5.11 Å². The van der Waals surface area contributed by atoms with Crippen LogP contribution in [0.15, 0.2) is 47.0 Å². The van der Waals surface area contributed by atoms with Gasteiger partial charge in [0.1, 0.15) is 0 Å². The van der Waals surface area contributed by atoms with Crippen LogP contribution in [-0.4, -0.2) is 11.0 Å². The van der Waals surface area contributed by atoms with Crippen molar-refractivity contribution in [3.63, 3.8) is 0 Å². The van der Waals surface area contributed by atoms with Crippen LogP contribution in [0.25, 0.3) is 0 Å². The first-order valence-corrected chi connectivity index (χ1v) is 8.95. The number of carbonyl (C=O) groups excluding carboxylic acids is 1. The van der Waals surface area contributed by atoms with Gasteiger partial charge < -0.3 is 16.0 Å². The molecule has 3 N–H and O–H groups in total. The molecule has 2 heterocycles.